The Balaban J connectivity index is 1.63. The monoisotopic (exact) mass is 299 g/mol. The first-order valence-corrected chi connectivity index (χ1v) is 7.24. The normalized spacial score (nSPS) is 27.8. The number of H-pyrrole nitrogens is 1. The summed E-state index contributed by atoms with van der Waals surface area (Å²) in [5, 5.41) is 9.63. The second-order valence-electron chi connectivity index (χ2n) is 6.10. The molecule has 7 heteroatoms. The first-order chi connectivity index (χ1) is 9.85. The van der Waals surface area contributed by atoms with Crippen LogP contribution in [0.2, 0.25) is 0 Å². The Hall–Kier alpha value is -1.50. The molecule has 1 aliphatic carbocycles. The lowest BCUT2D eigenvalue weighted by molar-refractivity contribution is -0.108. The third-order valence-corrected chi connectivity index (χ3v) is 4.17. The number of aromatic amines is 1. The minimum Gasteiger partial charge on any atom is -0.369 e. The maximum atomic E-state index is 12.8. The van der Waals surface area contributed by atoms with Crippen LogP contribution in [0.5, 0.6) is 0 Å². The summed E-state index contributed by atoms with van der Waals surface area (Å²) in [5.74, 6) is -2.99. The largest absolute Gasteiger partial charge is 0.369 e. The number of hydrogen-bond acceptors (Lipinski definition) is 3. The van der Waals surface area contributed by atoms with Gasteiger partial charge in [0, 0.05) is 31.4 Å². The van der Waals surface area contributed by atoms with E-state index in [4.69, 9.17) is 4.74 Å². The van der Waals surface area contributed by atoms with Crippen molar-refractivity contribution >= 4 is 5.91 Å². The van der Waals surface area contributed by atoms with Crippen molar-refractivity contribution in [2.45, 2.75) is 51.2 Å². The number of halogens is 2. The third kappa shape index (κ3) is 2.79. The van der Waals surface area contributed by atoms with Crippen molar-refractivity contribution in [2.75, 3.05) is 6.54 Å². The molecule has 0 aromatic carbocycles. The molecule has 0 unspecified atom stereocenters. The quantitative estimate of drug-likeness (QED) is 0.899. The van der Waals surface area contributed by atoms with Gasteiger partial charge < -0.3 is 10.1 Å². The van der Waals surface area contributed by atoms with Crippen molar-refractivity contribution in [3.63, 3.8) is 0 Å². The van der Waals surface area contributed by atoms with Crippen molar-refractivity contribution in [2.24, 2.45) is 5.92 Å². The van der Waals surface area contributed by atoms with Gasteiger partial charge in [0.1, 0.15) is 0 Å². The number of fused-ring (bicyclic) bond motifs is 1. The van der Waals surface area contributed by atoms with E-state index in [9.17, 15) is 13.6 Å². The zero-order valence-electron chi connectivity index (χ0n) is 12.1. The molecule has 116 valence electrons. The van der Waals surface area contributed by atoms with E-state index in [-0.39, 0.29) is 43.4 Å². The molecule has 2 N–H and O–H groups in total. The lowest BCUT2D eigenvalue weighted by atomic mass is 9.81. The van der Waals surface area contributed by atoms with Crippen molar-refractivity contribution in [1.82, 2.24) is 15.5 Å². The molecule has 0 saturated heterocycles. The van der Waals surface area contributed by atoms with E-state index < -0.39 is 5.92 Å². The maximum Gasteiger partial charge on any atom is 0.272 e. The van der Waals surface area contributed by atoms with Crippen LogP contribution in [0, 0.1) is 5.92 Å². The van der Waals surface area contributed by atoms with Crippen molar-refractivity contribution in [3.8, 4) is 0 Å². The zero-order valence-corrected chi connectivity index (χ0v) is 12.1. The molecule has 1 fully saturated rings. The van der Waals surface area contributed by atoms with Gasteiger partial charge in [-0.2, -0.15) is 5.10 Å². The molecule has 2 heterocycles. The number of rotatable bonds is 3. The van der Waals surface area contributed by atoms with Gasteiger partial charge in [0.15, 0.2) is 5.69 Å². The average Bonchev–Trinajstić information content (AvgIpc) is 2.77. The SMILES string of the molecule is C[C@@H]1Cc2c(C(=O)NCC3CC(F)(F)C3)n[nH]c2[C@H](C)O1. The van der Waals surface area contributed by atoms with Crippen LogP contribution < -0.4 is 5.32 Å². The highest BCUT2D eigenvalue weighted by Gasteiger charge is 2.45. The number of ether oxygens (including phenoxy) is 1. The first-order valence-electron chi connectivity index (χ1n) is 7.24. The van der Waals surface area contributed by atoms with Crippen molar-refractivity contribution in [3.05, 3.63) is 17.0 Å². The van der Waals surface area contributed by atoms with Crippen LogP contribution in [0.25, 0.3) is 0 Å². The molecule has 3 rings (SSSR count). The predicted molar refractivity (Wildman–Crippen MR) is 71.3 cm³/mol. The summed E-state index contributed by atoms with van der Waals surface area (Å²) in [6.45, 7) is 4.13. The predicted octanol–water partition coefficient (Wildman–Crippen LogP) is 2.21. The van der Waals surface area contributed by atoms with Gasteiger partial charge in [-0.3, -0.25) is 9.89 Å². The topological polar surface area (TPSA) is 67.0 Å². The molecule has 0 radical (unpaired) electrons. The van der Waals surface area contributed by atoms with E-state index >= 15 is 0 Å². The molecule has 2 atom stereocenters. The van der Waals surface area contributed by atoms with Crippen LogP contribution in [0.3, 0.4) is 0 Å². The molecule has 1 aromatic heterocycles. The Morgan fingerprint density at radius 3 is 2.86 bits per heavy atom. The Labute approximate surface area is 121 Å². The Morgan fingerprint density at radius 2 is 2.19 bits per heavy atom. The van der Waals surface area contributed by atoms with Gasteiger partial charge in [0.25, 0.3) is 5.91 Å². The Bertz CT molecular complexity index is 550. The smallest absolute Gasteiger partial charge is 0.272 e. The average molecular weight is 299 g/mol. The standard InChI is InChI=1S/C14H19F2N3O2/c1-7-3-10-11(8(2)21-7)18-19-12(10)13(20)17-6-9-4-14(15,16)5-9/h7-9H,3-6H2,1-2H3,(H,17,20)(H,18,19)/t7-,8+/m1/s1. The summed E-state index contributed by atoms with van der Waals surface area (Å²) >= 11 is 0. The van der Waals surface area contributed by atoms with Gasteiger partial charge in [-0.25, -0.2) is 8.78 Å². The second kappa shape index (κ2) is 5.05. The van der Waals surface area contributed by atoms with Gasteiger partial charge in [-0.1, -0.05) is 0 Å². The highest BCUT2D eigenvalue weighted by molar-refractivity contribution is 5.94. The van der Waals surface area contributed by atoms with Crippen LogP contribution in [0.15, 0.2) is 0 Å². The van der Waals surface area contributed by atoms with Gasteiger partial charge in [-0.05, 0) is 19.8 Å². The van der Waals surface area contributed by atoms with E-state index in [1.165, 1.54) is 0 Å². The Morgan fingerprint density at radius 1 is 1.48 bits per heavy atom. The van der Waals surface area contributed by atoms with Crippen molar-refractivity contribution in [1.29, 1.82) is 0 Å². The van der Waals surface area contributed by atoms with Crippen LogP contribution in [-0.2, 0) is 11.2 Å². The molecule has 5 nitrogen and oxygen atoms in total. The van der Waals surface area contributed by atoms with Crippen molar-refractivity contribution < 1.29 is 18.3 Å². The number of carbonyl (C=O) groups is 1. The zero-order chi connectivity index (χ0) is 15.2. The lowest BCUT2D eigenvalue weighted by Gasteiger charge is -2.34. The fraction of sp³-hybridized carbons (Fsp3) is 0.714. The third-order valence-electron chi connectivity index (χ3n) is 4.17. The number of carbonyl (C=O) groups excluding carboxylic acids is 1. The fourth-order valence-corrected chi connectivity index (χ4v) is 3.11. The molecule has 1 aromatic rings. The van der Waals surface area contributed by atoms with E-state index in [0.717, 1.165) is 11.3 Å². The van der Waals surface area contributed by atoms with E-state index in [0.29, 0.717) is 12.1 Å². The number of hydrogen-bond donors (Lipinski definition) is 2. The van der Waals surface area contributed by atoms with E-state index in [2.05, 4.69) is 15.5 Å². The van der Waals surface area contributed by atoms with Crippen LogP contribution in [-0.4, -0.2) is 34.7 Å². The fourth-order valence-electron chi connectivity index (χ4n) is 3.11. The molecule has 0 bridgehead atoms. The first kappa shape index (κ1) is 14.4. The molecule has 1 amide bonds. The van der Waals surface area contributed by atoms with Crippen LogP contribution >= 0.6 is 0 Å². The maximum absolute atomic E-state index is 12.8. The lowest BCUT2D eigenvalue weighted by Crippen LogP contribution is -2.42. The molecule has 2 aliphatic rings. The summed E-state index contributed by atoms with van der Waals surface area (Å²) in [4.78, 5) is 12.2. The number of nitrogens with one attached hydrogen (secondary N) is 2. The highest BCUT2D eigenvalue weighted by atomic mass is 19.3. The summed E-state index contributed by atoms with van der Waals surface area (Å²) in [6, 6.07) is 0. The number of alkyl halides is 2. The van der Waals surface area contributed by atoms with E-state index in [1.807, 2.05) is 13.8 Å². The molecule has 1 saturated carbocycles. The molecule has 0 spiro atoms. The number of nitrogens with zero attached hydrogens (tertiary/aromatic N) is 1. The number of amides is 1. The highest BCUT2D eigenvalue weighted by Crippen LogP contribution is 2.41. The summed E-state index contributed by atoms with van der Waals surface area (Å²) in [7, 11) is 0. The summed E-state index contributed by atoms with van der Waals surface area (Å²) in [6.07, 6.45) is 0.243. The van der Waals surface area contributed by atoms with E-state index in [1.54, 1.807) is 0 Å². The van der Waals surface area contributed by atoms with Crippen LogP contribution in [0.4, 0.5) is 8.78 Å². The molecular weight excluding hydrogens is 280 g/mol. The van der Waals surface area contributed by atoms with Gasteiger partial charge in [0.2, 0.25) is 5.92 Å². The van der Waals surface area contributed by atoms with Crippen LogP contribution in [0.1, 0.15) is 54.5 Å². The summed E-state index contributed by atoms with van der Waals surface area (Å²) < 4.78 is 31.2. The summed E-state index contributed by atoms with van der Waals surface area (Å²) in [5.41, 5.74) is 2.06. The minimum atomic E-state index is -2.55. The molecular formula is C14H19F2N3O2. The Kier molecular flexibility index (Phi) is 3.47. The van der Waals surface area contributed by atoms with Gasteiger partial charge in [0.05, 0.1) is 17.9 Å². The minimum absolute atomic E-state index is 0.0296. The number of aromatic nitrogens is 2. The molecule has 21 heavy (non-hydrogen) atoms. The second-order valence-corrected chi connectivity index (χ2v) is 6.10. The van der Waals surface area contributed by atoms with Gasteiger partial charge >= 0.3 is 0 Å². The van der Waals surface area contributed by atoms with Gasteiger partial charge in [-0.15, -0.1) is 0 Å². The molecule has 1 aliphatic heterocycles.